The first-order chi connectivity index (χ1) is 8.75. The van der Waals surface area contributed by atoms with Crippen molar-refractivity contribution < 1.29 is 17.2 Å². The number of anilines is 2. The van der Waals surface area contributed by atoms with Crippen LogP contribution in [0, 0.1) is 11.6 Å². The predicted octanol–water partition coefficient (Wildman–Crippen LogP) is 0.634. The van der Waals surface area contributed by atoms with E-state index in [1.807, 2.05) is 5.43 Å². The Morgan fingerprint density at radius 1 is 1.37 bits per heavy atom. The zero-order valence-electron chi connectivity index (χ0n) is 10.2. The molecule has 1 atom stereocenters. The van der Waals surface area contributed by atoms with Crippen LogP contribution < -0.4 is 16.6 Å². The van der Waals surface area contributed by atoms with Gasteiger partial charge in [-0.25, -0.2) is 28.0 Å². The van der Waals surface area contributed by atoms with Gasteiger partial charge in [0.25, 0.3) is 0 Å². The van der Waals surface area contributed by atoms with Gasteiger partial charge < -0.3 is 10.7 Å². The number of nitrogens with zero attached hydrogens (tertiary/aromatic N) is 1. The lowest BCUT2D eigenvalue weighted by atomic mass is 10.0. The van der Waals surface area contributed by atoms with Gasteiger partial charge in [0.05, 0.1) is 17.0 Å². The highest BCUT2D eigenvalue weighted by molar-refractivity contribution is 7.91. The lowest BCUT2D eigenvalue weighted by Gasteiger charge is -2.25. The fraction of sp³-hybridized carbons (Fsp3) is 0.500. The fourth-order valence-electron chi connectivity index (χ4n) is 2.05. The molecule has 0 bridgehead atoms. The summed E-state index contributed by atoms with van der Waals surface area (Å²) in [5.74, 6) is 2.60. The minimum Gasteiger partial charge on any atom is -0.361 e. The minimum atomic E-state index is -3.14. The van der Waals surface area contributed by atoms with Gasteiger partial charge in [0, 0.05) is 6.07 Å². The topological polar surface area (TPSA) is 97.1 Å². The van der Waals surface area contributed by atoms with Gasteiger partial charge in [0.2, 0.25) is 0 Å². The van der Waals surface area contributed by atoms with Crippen LogP contribution >= 0.6 is 0 Å². The van der Waals surface area contributed by atoms with Crippen molar-refractivity contribution in [1.82, 2.24) is 4.98 Å². The summed E-state index contributed by atoms with van der Waals surface area (Å²) in [5.41, 5.74) is 1.18. The summed E-state index contributed by atoms with van der Waals surface area (Å²) in [7, 11) is -3.14. The van der Waals surface area contributed by atoms with Crippen molar-refractivity contribution in [3.63, 3.8) is 0 Å². The van der Waals surface area contributed by atoms with E-state index in [0.29, 0.717) is 12.5 Å². The summed E-state index contributed by atoms with van der Waals surface area (Å²) in [6.45, 7) is 1.65. The number of hydrogen-bond donors (Lipinski definition) is 3. The molecule has 0 aromatic carbocycles. The van der Waals surface area contributed by atoms with E-state index in [9.17, 15) is 17.2 Å². The van der Waals surface area contributed by atoms with Crippen LogP contribution in [0.5, 0.6) is 0 Å². The summed E-state index contributed by atoms with van der Waals surface area (Å²) in [5, 5.41) is 2.72. The normalized spacial score (nSPS) is 25.3. The van der Waals surface area contributed by atoms with Crippen molar-refractivity contribution in [3.05, 3.63) is 17.7 Å². The number of pyridine rings is 1. The number of halogens is 2. The molecule has 1 aromatic rings. The van der Waals surface area contributed by atoms with Gasteiger partial charge >= 0.3 is 0 Å². The molecule has 0 radical (unpaired) electrons. The van der Waals surface area contributed by atoms with Crippen molar-refractivity contribution in [2.24, 2.45) is 5.84 Å². The van der Waals surface area contributed by atoms with E-state index in [-0.39, 0.29) is 23.1 Å². The van der Waals surface area contributed by atoms with Crippen molar-refractivity contribution in [1.29, 1.82) is 0 Å². The van der Waals surface area contributed by atoms with Gasteiger partial charge in [-0.15, -0.1) is 0 Å². The molecule has 4 N–H and O–H groups in total. The highest BCUT2D eigenvalue weighted by atomic mass is 32.2. The number of aromatic nitrogens is 1. The van der Waals surface area contributed by atoms with E-state index in [0.717, 1.165) is 0 Å². The second-order valence-corrected chi connectivity index (χ2v) is 7.01. The molecule has 0 aliphatic carbocycles. The zero-order valence-corrected chi connectivity index (χ0v) is 11.0. The second kappa shape index (κ2) is 4.57. The molecule has 1 aliphatic heterocycles. The van der Waals surface area contributed by atoms with Crippen molar-refractivity contribution in [2.75, 3.05) is 22.2 Å². The first kappa shape index (κ1) is 13.9. The van der Waals surface area contributed by atoms with E-state index in [2.05, 4.69) is 10.3 Å². The number of sulfone groups is 1. The van der Waals surface area contributed by atoms with Crippen LogP contribution in [0.4, 0.5) is 20.4 Å². The highest BCUT2D eigenvalue weighted by Crippen LogP contribution is 2.28. The average molecular weight is 292 g/mol. The third-order valence-electron chi connectivity index (χ3n) is 2.99. The summed E-state index contributed by atoms with van der Waals surface area (Å²) >= 11 is 0. The maximum absolute atomic E-state index is 13.6. The van der Waals surface area contributed by atoms with Crippen LogP contribution in [0.15, 0.2) is 6.07 Å². The van der Waals surface area contributed by atoms with Crippen LogP contribution in [0.2, 0.25) is 0 Å². The molecule has 1 aromatic heterocycles. The number of hydrazine groups is 1. The van der Waals surface area contributed by atoms with E-state index in [4.69, 9.17) is 5.84 Å². The van der Waals surface area contributed by atoms with Gasteiger partial charge in [-0.2, -0.15) is 0 Å². The lowest BCUT2D eigenvalue weighted by molar-refractivity contribution is 0.546. The van der Waals surface area contributed by atoms with Crippen LogP contribution in [-0.4, -0.2) is 30.4 Å². The number of nitrogens with two attached hydrogens (primary N) is 1. The Morgan fingerprint density at radius 2 is 2.00 bits per heavy atom. The average Bonchev–Trinajstić information content (AvgIpc) is 2.57. The molecule has 106 valence electrons. The van der Waals surface area contributed by atoms with E-state index in [1.165, 1.54) is 0 Å². The SMILES string of the molecule is CC1(Nc2nc(NN)c(F)cc2F)CCS(=O)(=O)C1. The molecule has 0 spiro atoms. The first-order valence-electron chi connectivity index (χ1n) is 5.56. The molecular weight excluding hydrogens is 278 g/mol. The Bertz CT molecular complexity index is 608. The van der Waals surface area contributed by atoms with Crippen molar-refractivity contribution in [3.8, 4) is 0 Å². The van der Waals surface area contributed by atoms with Crippen LogP contribution in [0.1, 0.15) is 13.3 Å². The van der Waals surface area contributed by atoms with Crippen LogP contribution in [0.25, 0.3) is 0 Å². The van der Waals surface area contributed by atoms with Gasteiger partial charge in [0.1, 0.15) is 0 Å². The molecular formula is C10H14F2N4O2S. The Kier molecular flexibility index (Phi) is 3.35. The summed E-state index contributed by atoms with van der Waals surface area (Å²) in [4.78, 5) is 3.65. The largest absolute Gasteiger partial charge is 0.361 e. The molecule has 1 aliphatic rings. The maximum Gasteiger partial charge on any atom is 0.178 e. The molecule has 9 heteroatoms. The minimum absolute atomic E-state index is 0.0291. The maximum atomic E-state index is 13.6. The molecule has 19 heavy (non-hydrogen) atoms. The van der Waals surface area contributed by atoms with Crippen LogP contribution in [-0.2, 0) is 9.84 Å². The van der Waals surface area contributed by atoms with Crippen molar-refractivity contribution >= 4 is 21.5 Å². The number of nitrogens with one attached hydrogen (secondary N) is 2. The third-order valence-corrected chi connectivity index (χ3v) is 4.89. The van der Waals surface area contributed by atoms with E-state index >= 15 is 0 Å². The van der Waals surface area contributed by atoms with Gasteiger partial charge in [-0.05, 0) is 13.3 Å². The van der Waals surface area contributed by atoms with E-state index in [1.54, 1.807) is 6.92 Å². The highest BCUT2D eigenvalue weighted by Gasteiger charge is 2.39. The van der Waals surface area contributed by atoms with Gasteiger partial charge in [-0.3, -0.25) is 0 Å². The Labute approximate surface area is 109 Å². The molecule has 0 saturated carbocycles. The Morgan fingerprint density at radius 3 is 2.53 bits per heavy atom. The van der Waals surface area contributed by atoms with Crippen molar-refractivity contribution in [2.45, 2.75) is 18.9 Å². The molecule has 1 fully saturated rings. The molecule has 2 rings (SSSR count). The first-order valence-corrected chi connectivity index (χ1v) is 7.38. The number of rotatable bonds is 3. The number of hydrogen-bond acceptors (Lipinski definition) is 6. The fourth-order valence-corrected chi connectivity index (χ4v) is 4.14. The summed E-state index contributed by atoms with van der Waals surface area (Å²) in [6.07, 6.45) is 0.333. The van der Waals surface area contributed by atoms with Gasteiger partial charge in [-0.1, -0.05) is 0 Å². The number of nitrogen functional groups attached to an aromatic ring is 1. The molecule has 6 nitrogen and oxygen atoms in total. The monoisotopic (exact) mass is 292 g/mol. The Hall–Kier alpha value is -1.48. The standard InChI is InChI=1S/C10H14F2N4O2S/c1-10(2-3-19(17,18)5-10)15-8-6(11)4-7(12)9(14-8)16-13/h4H,2-3,5,13H2,1H3,(H2,14,15,16). The second-order valence-electron chi connectivity index (χ2n) is 4.82. The summed E-state index contributed by atoms with van der Waals surface area (Å²) in [6, 6.07) is 0.636. The van der Waals surface area contributed by atoms with Gasteiger partial charge in [0.15, 0.2) is 33.1 Å². The lowest BCUT2D eigenvalue weighted by Crippen LogP contribution is -2.36. The summed E-state index contributed by atoms with van der Waals surface area (Å²) < 4.78 is 49.7. The zero-order chi connectivity index (χ0) is 14.3. The third kappa shape index (κ3) is 2.92. The molecule has 1 saturated heterocycles. The quantitative estimate of drug-likeness (QED) is 0.558. The molecule has 2 heterocycles. The smallest absolute Gasteiger partial charge is 0.178 e. The Balaban J connectivity index is 2.29. The molecule has 1 unspecified atom stereocenters. The van der Waals surface area contributed by atoms with E-state index < -0.39 is 27.0 Å². The predicted molar refractivity (Wildman–Crippen MR) is 67.3 cm³/mol. The van der Waals surface area contributed by atoms with Crippen LogP contribution in [0.3, 0.4) is 0 Å². The molecule has 0 amide bonds.